The third kappa shape index (κ3) is 10.6. The van der Waals surface area contributed by atoms with Gasteiger partial charge in [0.2, 0.25) is 5.75 Å². The highest BCUT2D eigenvalue weighted by Gasteiger charge is 2.18. The van der Waals surface area contributed by atoms with Crippen LogP contribution in [0.1, 0.15) is 28.8 Å². The average molecular weight is 568 g/mol. The van der Waals surface area contributed by atoms with Gasteiger partial charge in [-0.15, -0.1) is 12.4 Å². The van der Waals surface area contributed by atoms with Gasteiger partial charge in [-0.2, -0.15) is 0 Å². The smallest absolute Gasteiger partial charge is 0.338 e. The molecule has 0 spiro atoms. The summed E-state index contributed by atoms with van der Waals surface area (Å²) in [5, 5.41) is 0. The van der Waals surface area contributed by atoms with Crippen LogP contribution >= 0.6 is 12.4 Å². The summed E-state index contributed by atoms with van der Waals surface area (Å²) in [7, 11) is 9.55. The quantitative estimate of drug-likeness (QED) is 0.166. The monoisotopic (exact) mass is 567 g/mol. The van der Waals surface area contributed by atoms with Gasteiger partial charge in [-0.05, 0) is 55.8 Å². The second kappa shape index (κ2) is 17.8. The van der Waals surface area contributed by atoms with E-state index in [1.165, 1.54) is 27.4 Å². The van der Waals surface area contributed by atoms with Crippen molar-refractivity contribution in [3.63, 3.8) is 0 Å². The second-order valence-corrected chi connectivity index (χ2v) is 8.18. The van der Waals surface area contributed by atoms with E-state index in [-0.39, 0.29) is 19.0 Å². The maximum absolute atomic E-state index is 12.5. The van der Waals surface area contributed by atoms with Gasteiger partial charge in [0.05, 0.1) is 54.3 Å². The Kier molecular flexibility index (Phi) is 15.2. The summed E-state index contributed by atoms with van der Waals surface area (Å²) in [5.41, 5.74) is 1.11. The molecule has 2 aromatic carbocycles. The molecule has 0 amide bonds. The SMILES string of the molecule is COc1ccc(/C=C/C(=O)OCCCN(C)CCCOC(=O)c2cc(OC)c(OC)c(OC)c2)cc1OC.Cl. The molecule has 10 nitrogen and oxygen atoms in total. The van der Waals surface area contributed by atoms with Crippen LogP contribution in [0.15, 0.2) is 36.4 Å². The molecule has 0 aromatic heterocycles. The molecular formula is C28H38ClNO9. The minimum Gasteiger partial charge on any atom is -0.493 e. The molecule has 216 valence electrons. The molecule has 0 atom stereocenters. The maximum atomic E-state index is 12.5. The minimum atomic E-state index is -0.472. The predicted octanol–water partition coefficient (Wildman–Crippen LogP) is 4.28. The number of nitrogens with zero attached hydrogens (tertiary/aromatic N) is 1. The second-order valence-electron chi connectivity index (χ2n) is 8.18. The highest BCUT2D eigenvalue weighted by molar-refractivity contribution is 5.91. The van der Waals surface area contributed by atoms with Gasteiger partial charge in [0.15, 0.2) is 23.0 Å². The molecule has 2 aromatic rings. The van der Waals surface area contributed by atoms with Gasteiger partial charge < -0.3 is 38.1 Å². The number of benzene rings is 2. The first-order chi connectivity index (χ1) is 18.4. The van der Waals surface area contributed by atoms with Gasteiger partial charge in [-0.1, -0.05) is 6.07 Å². The number of methoxy groups -OCH3 is 5. The summed E-state index contributed by atoms with van der Waals surface area (Å²) >= 11 is 0. The zero-order chi connectivity index (χ0) is 27.9. The van der Waals surface area contributed by atoms with Gasteiger partial charge in [0, 0.05) is 19.2 Å². The van der Waals surface area contributed by atoms with E-state index in [0.717, 1.165) is 18.7 Å². The zero-order valence-corrected chi connectivity index (χ0v) is 24.1. The summed E-state index contributed by atoms with van der Waals surface area (Å²) in [4.78, 5) is 26.5. The van der Waals surface area contributed by atoms with Crippen LogP contribution in [-0.2, 0) is 14.3 Å². The molecule has 0 heterocycles. The van der Waals surface area contributed by atoms with E-state index in [2.05, 4.69) is 4.90 Å². The van der Waals surface area contributed by atoms with E-state index < -0.39 is 11.9 Å². The van der Waals surface area contributed by atoms with Gasteiger partial charge in [0.1, 0.15) is 0 Å². The number of halogens is 1. The van der Waals surface area contributed by atoms with Crippen molar-refractivity contribution in [2.24, 2.45) is 0 Å². The molecular weight excluding hydrogens is 530 g/mol. The Balaban J connectivity index is 0.00000760. The molecule has 0 aliphatic heterocycles. The molecule has 0 aliphatic carbocycles. The lowest BCUT2D eigenvalue weighted by Gasteiger charge is -2.16. The Bertz CT molecular complexity index is 1070. The van der Waals surface area contributed by atoms with Crippen LogP contribution in [-0.4, -0.2) is 85.7 Å². The fourth-order valence-corrected chi connectivity index (χ4v) is 3.57. The van der Waals surface area contributed by atoms with Crippen LogP contribution in [0.25, 0.3) is 6.08 Å². The fourth-order valence-electron chi connectivity index (χ4n) is 3.57. The first-order valence-corrected chi connectivity index (χ1v) is 12.1. The van der Waals surface area contributed by atoms with E-state index in [0.29, 0.717) is 53.8 Å². The molecule has 0 radical (unpaired) electrons. The van der Waals surface area contributed by atoms with Crippen molar-refractivity contribution in [2.45, 2.75) is 12.8 Å². The number of carbonyl (C=O) groups excluding carboxylic acids is 2. The van der Waals surface area contributed by atoms with E-state index >= 15 is 0 Å². The fraction of sp³-hybridized carbons (Fsp3) is 0.429. The summed E-state index contributed by atoms with van der Waals surface area (Å²) in [6.07, 6.45) is 4.38. The molecule has 0 aliphatic rings. The largest absolute Gasteiger partial charge is 0.493 e. The Morgan fingerprint density at radius 2 is 1.31 bits per heavy atom. The Labute approximate surface area is 236 Å². The number of ether oxygens (including phenoxy) is 7. The third-order valence-corrected chi connectivity index (χ3v) is 5.57. The first-order valence-electron chi connectivity index (χ1n) is 12.1. The normalized spacial score (nSPS) is 10.5. The standard InChI is InChI=1S/C28H37NO9.ClH/c1-29(13-7-15-37-26(30)12-10-20-9-11-22(32-2)23(17-20)33-3)14-8-16-38-28(31)21-18-24(34-4)27(36-6)25(19-21)35-5;/h9-12,17-19H,7-8,13-16H2,1-6H3;1H/b12-10+;. The molecule has 0 N–H and O–H groups in total. The van der Waals surface area contributed by atoms with Crippen LogP contribution in [0.2, 0.25) is 0 Å². The molecule has 0 fully saturated rings. The molecule has 0 saturated heterocycles. The summed E-state index contributed by atoms with van der Waals surface area (Å²) in [5.74, 6) is 1.50. The lowest BCUT2D eigenvalue weighted by molar-refractivity contribution is -0.137. The van der Waals surface area contributed by atoms with Crippen molar-refractivity contribution in [3.05, 3.63) is 47.5 Å². The molecule has 39 heavy (non-hydrogen) atoms. The number of rotatable bonds is 16. The summed E-state index contributed by atoms with van der Waals surface area (Å²) < 4.78 is 36.9. The van der Waals surface area contributed by atoms with Gasteiger partial charge in [-0.3, -0.25) is 0 Å². The summed E-state index contributed by atoms with van der Waals surface area (Å²) in [6.45, 7) is 2.01. The van der Waals surface area contributed by atoms with Crippen LogP contribution < -0.4 is 23.7 Å². The molecule has 11 heteroatoms. The summed E-state index contributed by atoms with van der Waals surface area (Å²) in [6, 6.07) is 8.48. The van der Waals surface area contributed by atoms with E-state index in [4.69, 9.17) is 33.2 Å². The van der Waals surface area contributed by atoms with Crippen molar-refractivity contribution in [1.29, 1.82) is 0 Å². The first kappa shape index (κ1) is 33.4. The number of hydrogen-bond donors (Lipinski definition) is 0. The van der Waals surface area contributed by atoms with E-state index in [1.54, 1.807) is 44.6 Å². The molecule has 2 rings (SSSR count). The van der Waals surface area contributed by atoms with Crippen molar-refractivity contribution in [2.75, 3.05) is 68.9 Å². The van der Waals surface area contributed by atoms with Crippen molar-refractivity contribution < 1.29 is 42.7 Å². The maximum Gasteiger partial charge on any atom is 0.338 e. The Morgan fingerprint density at radius 3 is 1.85 bits per heavy atom. The van der Waals surface area contributed by atoms with Crippen molar-refractivity contribution in [1.82, 2.24) is 4.90 Å². The number of hydrogen-bond acceptors (Lipinski definition) is 10. The molecule has 0 unspecified atom stereocenters. The predicted molar refractivity (Wildman–Crippen MR) is 150 cm³/mol. The third-order valence-electron chi connectivity index (χ3n) is 5.57. The van der Waals surface area contributed by atoms with Gasteiger partial charge in [0.25, 0.3) is 0 Å². The number of carbonyl (C=O) groups is 2. The average Bonchev–Trinajstić information content (AvgIpc) is 2.95. The lowest BCUT2D eigenvalue weighted by Crippen LogP contribution is -2.23. The topological polar surface area (TPSA) is 102 Å². The van der Waals surface area contributed by atoms with E-state index in [9.17, 15) is 9.59 Å². The highest BCUT2D eigenvalue weighted by Crippen LogP contribution is 2.38. The Morgan fingerprint density at radius 1 is 0.744 bits per heavy atom. The van der Waals surface area contributed by atoms with Crippen LogP contribution in [0.3, 0.4) is 0 Å². The Hall–Kier alpha value is -3.63. The van der Waals surface area contributed by atoms with E-state index in [1.807, 2.05) is 13.1 Å². The highest BCUT2D eigenvalue weighted by atomic mass is 35.5. The minimum absolute atomic E-state index is 0. The number of esters is 2. The van der Waals surface area contributed by atoms with Crippen molar-refractivity contribution >= 4 is 30.4 Å². The van der Waals surface area contributed by atoms with Crippen LogP contribution in [0, 0.1) is 0 Å². The van der Waals surface area contributed by atoms with Crippen molar-refractivity contribution in [3.8, 4) is 28.7 Å². The zero-order valence-electron chi connectivity index (χ0n) is 23.3. The molecule has 0 bridgehead atoms. The van der Waals surface area contributed by atoms with Crippen LogP contribution in [0.5, 0.6) is 28.7 Å². The molecule has 0 saturated carbocycles. The van der Waals surface area contributed by atoms with Crippen LogP contribution in [0.4, 0.5) is 0 Å². The van der Waals surface area contributed by atoms with Gasteiger partial charge in [-0.25, -0.2) is 9.59 Å². The lowest BCUT2D eigenvalue weighted by atomic mass is 10.2. The van der Waals surface area contributed by atoms with Gasteiger partial charge >= 0.3 is 11.9 Å².